The summed E-state index contributed by atoms with van der Waals surface area (Å²) in [5.41, 5.74) is 0.607. The molecule has 2 aromatic carbocycles. The van der Waals surface area contributed by atoms with Gasteiger partial charge in [0.1, 0.15) is 0 Å². The third-order valence-corrected chi connectivity index (χ3v) is 6.16. The van der Waals surface area contributed by atoms with Gasteiger partial charge in [-0.15, -0.1) is 0 Å². The summed E-state index contributed by atoms with van der Waals surface area (Å²) in [5.74, 6) is -0.328. The number of amides is 1. The third kappa shape index (κ3) is 5.45. The Morgan fingerprint density at radius 1 is 1.07 bits per heavy atom. The second-order valence-electron chi connectivity index (χ2n) is 6.36. The smallest absolute Gasteiger partial charge is 0.264 e. The van der Waals surface area contributed by atoms with Crippen molar-refractivity contribution in [2.75, 3.05) is 38.5 Å². The van der Waals surface area contributed by atoms with Gasteiger partial charge in [0.15, 0.2) is 0 Å². The number of hydrogen-bond acceptors (Lipinski definition) is 4. The lowest BCUT2D eigenvalue weighted by molar-refractivity contribution is 0.0952. The maximum Gasteiger partial charge on any atom is 0.264 e. The van der Waals surface area contributed by atoms with Gasteiger partial charge in [0, 0.05) is 13.6 Å². The summed E-state index contributed by atoms with van der Waals surface area (Å²) in [6.07, 6.45) is 0.804. The molecule has 0 saturated heterocycles. The first-order valence-electron chi connectivity index (χ1n) is 8.50. The molecule has 6 nitrogen and oxygen atoms in total. The highest BCUT2D eigenvalue weighted by molar-refractivity contribution is 7.92. The molecule has 0 unspecified atom stereocenters. The monoisotopic (exact) mass is 409 g/mol. The van der Waals surface area contributed by atoms with Gasteiger partial charge in [-0.05, 0) is 57.4 Å². The highest BCUT2D eigenvalue weighted by Crippen LogP contribution is 2.26. The summed E-state index contributed by atoms with van der Waals surface area (Å²) in [6, 6.07) is 12.7. The van der Waals surface area contributed by atoms with Gasteiger partial charge in [-0.25, -0.2) is 8.42 Å². The van der Waals surface area contributed by atoms with Gasteiger partial charge in [0.25, 0.3) is 15.9 Å². The number of rotatable bonds is 8. The van der Waals surface area contributed by atoms with E-state index >= 15 is 0 Å². The van der Waals surface area contributed by atoms with Crippen molar-refractivity contribution in [3.63, 3.8) is 0 Å². The zero-order chi connectivity index (χ0) is 20.0. The highest BCUT2D eigenvalue weighted by atomic mass is 35.5. The lowest BCUT2D eigenvalue weighted by atomic mass is 10.2. The molecular weight excluding hydrogens is 386 g/mol. The van der Waals surface area contributed by atoms with Crippen LogP contribution in [0.4, 0.5) is 5.69 Å². The van der Waals surface area contributed by atoms with Crippen molar-refractivity contribution in [3.05, 3.63) is 59.1 Å². The van der Waals surface area contributed by atoms with Crippen molar-refractivity contribution in [3.8, 4) is 0 Å². The maximum atomic E-state index is 12.8. The van der Waals surface area contributed by atoms with Crippen LogP contribution in [0.5, 0.6) is 0 Å². The Hall–Kier alpha value is -2.09. The standard InChI is InChI=1S/C19H24ClN3O3S/c1-22(2)13-7-12-21-19(24)17-14-15(10-11-18(17)20)23(3)27(25,26)16-8-5-4-6-9-16/h4-6,8-11,14H,7,12-13H2,1-3H3,(H,21,24). The fraction of sp³-hybridized carbons (Fsp3) is 0.316. The molecule has 0 saturated carbocycles. The van der Waals surface area contributed by atoms with E-state index in [1.165, 1.54) is 31.3 Å². The predicted molar refractivity (Wildman–Crippen MR) is 109 cm³/mol. The summed E-state index contributed by atoms with van der Waals surface area (Å²) >= 11 is 6.15. The maximum absolute atomic E-state index is 12.8. The molecule has 146 valence electrons. The van der Waals surface area contributed by atoms with E-state index in [-0.39, 0.29) is 21.4 Å². The molecule has 0 aliphatic heterocycles. The number of sulfonamides is 1. The topological polar surface area (TPSA) is 69.7 Å². The molecule has 0 aromatic heterocycles. The molecule has 2 aromatic rings. The SMILES string of the molecule is CN(C)CCCNC(=O)c1cc(N(C)S(=O)(=O)c2ccccc2)ccc1Cl. The Bertz CT molecular complexity index is 886. The van der Waals surface area contributed by atoms with Gasteiger partial charge in [0.2, 0.25) is 0 Å². The molecule has 0 radical (unpaired) electrons. The van der Waals surface area contributed by atoms with Gasteiger partial charge in [-0.2, -0.15) is 0 Å². The Morgan fingerprint density at radius 2 is 1.74 bits per heavy atom. The zero-order valence-corrected chi connectivity index (χ0v) is 17.2. The highest BCUT2D eigenvalue weighted by Gasteiger charge is 2.22. The molecule has 8 heteroatoms. The van der Waals surface area contributed by atoms with E-state index in [4.69, 9.17) is 11.6 Å². The quantitative estimate of drug-likeness (QED) is 0.680. The van der Waals surface area contributed by atoms with Crippen LogP contribution in [0.3, 0.4) is 0 Å². The van der Waals surface area contributed by atoms with Crippen molar-refractivity contribution in [1.29, 1.82) is 0 Å². The van der Waals surface area contributed by atoms with E-state index in [1.807, 2.05) is 19.0 Å². The molecular formula is C19H24ClN3O3S. The molecule has 1 amide bonds. The van der Waals surface area contributed by atoms with E-state index < -0.39 is 10.0 Å². The molecule has 0 spiro atoms. The number of benzene rings is 2. The Labute approximate surface area is 165 Å². The minimum atomic E-state index is -3.72. The Balaban J connectivity index is 2.20. The molecule has 0 bridgehead atoms. The van der Waals surface area contributed by atoms with Gasteiger partial charge in [0.05, 0.1) is 21.2 Å². The molecule has 0 aliphatic rings. The lowest BCUT2D eigenvalue weighted by Gasteiger charge is -2.20. The number of halogens is 1. The summed E-state index contributed by atoms with van der Waals surface area (Å²) in [7, 11) is 1.65. The van der Waals surface area contributed by atoms with Crippen LogP contribution in [-0.2, 0) is 10.0 Å². The molecule has 0 fully saturated rings. The molecule has 2 rings (SSSR count). The van der Waals surface area contributed by atoms with Crippen LogP contribution in [0, 0.1) is 0 Å². The van der Waals surface area contributed by atoms with Crippen molar-refractivity contribution in [2.45, 2.75) is 11.3 Å². The average molecular weight is 410 g/mol. The largest absolute Gasteiger partial charge is 0.352 e. The van der Waals surface area contributed by atoms with Crippen LogP contribution in [0.15, 0.2) is 53.4 Å². The van der Waals surface area contributed by atoms with E-state index in [1.54, 1.807) is 24.3 Å². The molecule has 0 aliphatic carbocycles. The van der Waals surface area contributed by atoms with Crippen LogP contribution in [0.25, 0.3) is 0 Å². The second-order valence-corrected chi connectivity index (χ2v) is 8.74. The number of carbonyl (C=O) groups excluding carboxylic acids is 1. The number of nitrogens with one attached hydrogen (secondary N) is 1. The van der Waals surface area contributed by atoms with Crippen LogP contribution in [0.1, 0.15) is 16.8 Å². The number of nitrogens with zero attached hydrogens (tertiary/aromatic N) is 2. The normalized spacial score (nSPS) is 11.4. The first kappa shape index (κ1) is 21.2. The van der Waals surface area contributed by atoms with E-state index in [0.717, 1.165) is 17.3 Å². The van der Waals surface area contributed by atoms with E-state index in [2.05, 4.69) is 5.32 Å². The van der Waals surface area contributed by atoms with Crippen molar-refractivity contribution >= 4 is 33.2 Å². The summed E-state index contributed by atoms with van der Waals surface area (Å²) in [6.45, 7) is 1.36. The molecule has 0 atom stereocenters. The van der Waals surface area contributed by atoms with Crippen molar-refractivity contribution in [1.82, 2.24) is 10.2 Å². The third-order valence-electron chi connectivity index (χ3n) is 4.03. The summed E-state index contributed by atoms with van der Waals surface area (Å²) < 4.78 is 26.7. The van der Waals surface area contributed by atoms with Crippen molar-refractivity contribution < 1.29 is 13.2 Å². The van der Waals surface area contributed by atoms with E-state index in [9.17, 15) is 13.2 Å². The van der Waals surface area contributed by atoms with Crippen LogP contribution in [0.2, 0.25) is 5.02 Å². The lowest BCUT2D eigenvalue weighted by Crippen LogP contribution is -2.29. The fourth-order valence-corrected chi connectivity index (χ4v) is 3.88. The molecule has 27 heavy (non-hydrogen) atoms. The first-order chi connectivity index (χ1) is 12.7. The minimum absolute atomic E-state index is 0.178. The Kier molecular flexibility index (Phi) is 7.24. The van der Waals surface area contributed by atoms with Crippen LogP contribution in [-0.4, -0.2) is 53.5 Å². The van der Waals surface area contributed by atoms with Gasteiger partial charge in [-0.1, -0.05) is 29.8 Å². The molecule has 0 heterocycles. The molecule has 1 N–H and O–H groups in total. The summed E-state index contributed by atoms with van der Waals surface area (Å²) in [4.78, 5) is 14.6. The number of carbonyl (C=O) groups is 1. The van der Waals surface area contributed by atoms with Gasteiger partial charge in [-0.3, -0.25) is 9.10 Å². The number of anilines is 1. The predicted octanol–water partition coefficient (Wildman–Crippen LogP) is 2.85. The van der Waals surface area contributed by atoms with E-state index in [0.29, 0.717) is 12.2 Å². The zero-order valence-electron chi connectivity index (χ0n) is 15.6. The van der Waals surface area contributed by atoms with Crippen LogP contribution >= 0.6 is 11.6 Å². The fourth-order valence-electron chi connectivity index (χ4n) is 2.46. The summed E-state index contributed by atoms with van der Waals surface area (Å²) in [5, 5.41) is 3.09. The van der Waals surface area contributed by atoms with Gasteiger partial charge < -0.3 is 10.2 Å². The average Bonchev–Trinajstić information content (AvgIpc) is 2.65. The number of hydrogen-bond donors (Lipinski definition) is 1. The Morgan fingerprint density at radius 3 is 2.37 bits per heavy atom. The first-order valence-corrected chi connectivity index (χ1v) is 10.3. The van der Waals surface area contributed by atoms with Crippen molar-refractivity contribution in [2.24, 2.45) is 0 Å². The van der Waals surface area contributed by atoms with Crippen LogP contribution < -0.4 is 9.62 Å². The minimum Gasteiger partial charge on any atom is -0.352 e. The van der Waals surface area contributed by atoms with Gasteiger partial charge >= 0.3 is 0 Å². The second kappa shape index (κ2) is 9.21.